The van der Waals surface area contributed by atoms with Crippen LogP contribution in [0, 0.1) is 12.3 Å². The number of carboxylic acids is 1. The number of β-amino-alcohol motifs (C(OH)–C–C–N with tert-alkyl or cyclic N) is 1. The average molecular weight is 615 g/mol. The molecule has 1 aromatic heterocycles. The van der Waals surface area contributed by atoms with Gasteiger partial charge in [-0.2, -0.15) is 0 Å². The Morgan fingerprint density at radius 1 is 1.02 bits per heavy atom. The van der Waals surface area contributed by atoms with Crippen LogP contribution in [-0.4, -0.2) is 68.5 Å². The first kappa shape index (κ1) is 34.2. The summed E-state index contributed by atoms with van der Waals surface area (Å²) in [4.78, 5) is 57.2. The number of nitrogens with one attached hydrogen (secondary N) is 2. The number of thiazole rings is 1. The molecule has 3 rings (SSSR count). The van der Waals surface area contributed by atoms with Gasteiger partial charge >= 0.3 is 5.97 Å². The molecule has 0 bridgehead atoms. The van der Waals surface area contributed by atoms with Gasteiger partial charge in [0.25, 0.3) is 0 Å². The van der Waals surface area contributed by atoms with E-state index in [-0.39, 0.29) is 50.1 Å². The number of carbonyl (C=O) groups is 4. The van der Waals surface area contributed by atoms with Crippen molar-refractivity contribution in [3.05, 3.63) is 41.0 Å². The van der Waals surface area contributed by atoms with Gasteiger partial charge in [0.15, 0.2) is 0 Å². The van der Waals surface area contributed by atoms with Crippen molar-refractivity contribution in [2.45, 2.75) is 110 Å². The number of carbonyl (C=O) groups excluding carboxylic acids is 3. The maximum absolute atomic E-state index is 13.7. The molecule has 0 radical (unpaired) electrons. The molecule has 1 aliphatic rings. The number of aryl methyl sites for hydroxylation is 1. The first-order valence-electron chi connectivity index (χ1n) is 15.1. The van der Waals surface area contributed by atoms with Crippen LogP contribution in [0.2, 0.25) is 0 Å². The number of hydrogen-bond donors (Lipinski definition) is 4. The van der Waals surface area contributed by atoms with Gasteiger partial charge in [-0.1, -0.05) is 70.7 Å². The predicted octanol–water partition coefficient (Wildman–Crippen LogP) is 4.43. The van der Waals surface area contributed by atoms with E-state index in [0.717, 1.165) is 47.4 Å². The third-order valence-electron chi connectivity index (χ3n) is 7.76. The van der Waals surface area contributed by atoms with Crippen LogP contribution in [0.25, 0.3) is 10.4 Å². The summed E-state index contributed by atoms with van der Waals surface area (Å²) < 4.78 is 0. The van der Waals surface area contributed by atoms with E-state index in [4.69, 9.17) is 5.11 Å². The molecule has 3 atom stereocenters. The topological polar surface area (TPSA) is 149 Å². The highest BCUT2D eigenvalue weighted by atomic mass is 32.1. The lowest BCUT2D eigenvalue weighted by Crippen LogP contribution is -2.57. The Morgan fingerprint density at radius 3 is 2.23 bits per heavy atom. The number of aliphatic hydroxyl groups excluding tert-OH is 1. The molecule has 1 aromatic carbocycles. The van der Waals surface area contributed by atoms with Crippen molar-refractivity contribution in [3.63, 3.8) is 0 Å². The first-order valence-corrected chi connectivity index (χ1v) is 16.0. The lowest BCUT2D eigenvalue weighted by molar-refractivity contribution is -0.144. The smallest absolute Gasteiger partial charge is 0.303 e. The molecule has 2 aromatic rings. The third-order valence-corrected chi connectivity index (χ3v) is 8.73. The van der Waals surface area contributed by atoms with Gasteiger partial charge in [-0.3, -0.25) is 19.2 Å². The van der Waals surface area contributed by atoms with Gasteiger partial charge in [0.05, 0.1) is 22.2 Å². The van der Waals surface area contributed by atoms with Crippen LogP contribution in [0.5, 0.6) is 0 Å². The largest absolute Gasteiger partial charge is 0.481 e. The minimum Gasteiger partial charge on any atom is -0.481 e. The van der Waals surface area contributed by atoms with Gasteiger partial charge in [0.2, 0.25) is 17.7 Å². The zero-order valence-electron chi connectivity index (χ0n) is 25.7. The van der Waals surface area contributed by atoms with E-state index in [0.29, 0.717) is 12.8 Å². The number of aliphatic carboxylic acids is 1. The van der Waals surface area contributed by atoms with Crippen LogP contribution >= 0.6 is 11.3 Å². The monoisotopic (exact) mass is 614 g/mol. The molecule has 0 unspecified atom stereocenters. The van der Waals surface area contributed by atoms with Gasteiger partial charge in [-0.05, 0) is 36.3 Å². The van der Waals surface area contributed by atoms with E-state index in [1.165, 1.54) is 4.90 Å². The molecule has 0 aliphatic carbocycles. The number of hydrogen-bond acceptors (Lipinski definition) is 7. The van der Waals surface area contributed by atoms with Crippen LogP contribution in [0.4, 0.5) is 0 Å². The number of rotatable bonds is 15. The Bertz CT molecular complexity index is 1240. The van der Waals surface area contributed by atoms with Crippen molar-refractivity contribution in [2.24, 2.45) is 5.41 Å². The summed E-state index contributed by atoms with van der Waals surface area (Å²) in [7, 11) is 0. The number of unbranched alkanes of at least 4 members (excludes halogenated alkanes) is 5. The summed E-state index contributed by atoms with van der Waals surface area (Å²) in [5.41, 5.74) is 4.16. The van der Waals surface area contributed by atoms with Crippen molar-refractivity contribution in [1.82, 2.24) is 20.5 Å². The SMILES string of the molecule is Cc1ncsc1-c1ccc(CNC(=O)[C@@H]2C[C@@H](O)CN2C(=O)[C@H](NC(=O)CCCCCCCCC(=O)O)C(C)(C)C)cc1. The molecule has 1 saturated heterocycles. The van der Waals surface area contributed by atoms with Crippen molar-refractivity contribution in [3.8, 4) is 10.4 Å². The average Bonchev–Trinajstić information content (AvgIpc) is 3.56. The van der Waals surface area contributed by atoms with E-state index in [1.807, 2.05) is 57.5 Å². The highest BCUT2D eigenvalue weighted by molar-refractivity contribution is 7.13. The highest BCUT2D eigenvalue weighted by Gasteiger charge is 2.44. The highest BCUT2D eigenvalue weighted by Crippen LogP contribution is 2.28. The second-order valence-electron chi connectivity index (χ2n) is 12.5. The van der Waals surface area contributed by atoms with Crippen LogP contribution < -0.4 is 10.6 Å². The molecule has 0 spiro atoms. The van der Waals surface area contributed by atoms with E-state index in [2.05, 4.69) is 15.6 Å². The number of aromatic nitrogens is 1. The minimum absolute atomic E-state index is 0.0319. The summed E-state index contributed by atoms with van der Waals surface area (Å²) in [5, 5.41) is 24.9. The van der Waals surface area contributed by atoms with E-state index < -0.39 is 29.6 Å². The molecule has 0 saturated carbocycles. The number of carboxylic acid groups (broad SMARTS) is 1. The maximum atomic E-state index is 13.7. The predicted molar refractivity (Wildman–Crippen MR) is 166 cm³/mol. The second kappa shape index (κ2) is 16.0. The fourth-order valence-electron chi connectivity index (χ4n) is 5.28. The number of aliphatic hydroxyl groups is 1. The van der Waals surface area contributed by atoms with Crippen LogP contribution in [0.3, 0.4) is 0 Å². The fourth-order valence-corrected chi connectivity index (χ4v) is 6.09. The molecule has 1 fully saturated rings. The summed E-state index contributed by atoms with van der Waals surface area (Å²) >= 11 is 1.58. The number of likely N-dealkylation sites (tertiary alicyclic amines) is 1. The quantitative estimate of drug-likeness (QED) is 0.217. The van der Waals surface area contributed by atoms with Crippen molar-refractivity contribution in [1.29, 1.82) is 0 Å². The minimum atomic E-state index is -0.848. The Labute approximate surface area is 258 Å². The number of amides is 3. The summed E-state index contributed by atoms with van der Waals surface area (Å²) in [6.45, 7) is 7.89. The van der Waals surface area contributed by atoms with Gasteiger partial charge in [0, 0.05) is 32.4 Å². The summed E-state index contributed by atoms with van der Waals surface area (Å²) in [6.07, 6.45) is 4.67. The summed E-state index contributed by atoms with van der Waals surface area (Å²) in [6, 6.07) is 6.22. The van der Waals surface area contributed by atoms with Crippen molar-refractivity contribution in [2.75, 3.05) is 6.54 Å². The Balaban J connectivity index is 1.53. The number of benzene rings is 1. The van der Waals surface area contributed by atoms with Gasteiger partial charge in [-0.15, -0.1) is 11.3 Å². The second-order valence-corrected chi connectivity index (χ2v) is 13.3. The maximum Gasteiger partial charge on any atom is 0.303 e. The molecular formula is C32H46N4O6S. The fraction of sp³-hybridized carbons (Fsp3) is 0.594. The summed E-state index contributed by atoms with van der Waals surface area (Å²) in [5.74, 6) is -1.72. The molecular weight excluding hydrogens is 568 g/mol. The Morgan fingerprint density at radius 2 is 1.65 bits per heavy atom. The molecule has 236 valence electrons. The van der Waals surface area contributed by atoms with Gasteiger partial charge in [-0.25, -0.2) is 4.98 Å². The first-order chi connectivity index (χ1) is 20.4. The van der Waals surface area contributed by atoms with Gasteiger partial charge in [0.1, 0.15) is 12.1 Å². The molecule has 10 nitrogen and oxygen atoms in total. The molecule has 2 heterocycles. The van der Waals surface area contributed by atoms with E-state index >= 15 is 0 Å². The molecule has 3 amide bonds. The third kappa shape index (κ3) is 10.4. The standard InChI is InChI=1S/C32H46N4O6S/c1-21-28(43-20-34-21)23-15-13-22(14-16-23)18-33-30(41)25-17-24(37)19-36(25)31(42)29(32(2,3)4)35-26(38)11-9-7-5-6-8-10-12-27(39)40/h13-16,20,24-25,29,37H,5-12,17-19H2,1-4H3,(H,33,41)(H,35,38)(H,39,40)/t24-,25+,29+/m1/s1. The van der Waals surface area contributed by atoms with Crippen LogP contribution in [0.1, 0.15) is 89.8 Å². The normalized spacial score (nSPS) is 17.5. The Kier molecular flexibility index (Phi) is 12.7. The zero-order valence-corrected chi connectivity index (χ0v) is 26.5. The van der Waals surface area contributed by atoms with Crippen molar-refractivity contribution >= 4 is 35.0 Å². The van der Waals surface area contributed by atoms with E-state index in [1.54, 1.807) is 11.3 Å². The van der Waals surface area contributed by atoms with Crippen LogP contribution in [0.15, 0.2) is 29.8 Å². The van der Waals surface area contributed by atoms with E-state index in [9.17, 15) is 24.3 Å². The van der Waals surface area contributed by atoms with Crippen LogP contribution in [-0.2, 0) is 25.7 Å². The lowest BCUT2D eigenvalue weighted by Gasteiger charge is -2.35. The van der Waals surface area contributed by atoms with Crippen molar-refractivity contribution < 1.29 is 29.4 Å². The molecule has 43 heavy (non-hydrogen) atoms. The van der Waals surface area contributed by atoms with Gasteiger partial charge < -0.3 is 25.7 Å². The lowest BCUT2D eigenvalue weighted by atomic mass is 9.85. The molecule has 1 aliphatic heterocycles. The Hall–Kier alpha value is -3.31. The zero-order chi connectivity index (χ0) is 31.6. The number of nitrogens with zero attached hydrogens (tertiary/aromatic N) is 2. The molecule has 4 N–H and O–H groups in total. The molecule has 11 heteroatoms.